The first kappa shape index (κ1) is 12.4. The fourth-order valence-corrected chi connectivity index (χ4v) is 1.56. The third-order valence-electron chi connectivity index (χ3n) is 2.66. The summed E-state index contributed by atoms with van der Waals surface area (Å²) in [6.07, 6.45) is 0. The molecule has 5 heteroatoms. The Hall–Kier alpha value is -0.650. The molecule has 1 amide bonds. The van der Waals surface area contributed by atoms with Gasteiger partial charge in [0.25, 0.3) is 0 Å². The quantitative estimate of drug-likeness (QED) is 0.537. The summed E-state index contributed by atoms with van der Waals surface area (Å²) in [7, 11) is 1.63. The number of hydrogen-bond donors (Lipinski definition) is 2. The second-order valence-electron chi connectivity index (χ2n) is 3.72. The fourth-order valence-electron chi connectivity index (χ4n) is 1.56. The van der Waals surface area contributed by atoms with Gasteiger partial charge < -0.3 is 15.4 Å². The maximum absolute atomic E-state index is 11.5. The van der Waals surface area contributed by atoms with Gasteiger partial charge >= 0.3 is 0 Å². The standard InChI is InChI=1S/C10H21N3O2/c1-3-13(9-6-11-7-9)8-10(14)12-4-5-15-2/h9,11H,3-8H2,1-2H3,(H,12,14). The number of carbonyl (C=O) groups is 1. The minimum Gasteiger partial charge on any atom is -0.383 e. The van der Waals surface area contributed by atoms with Gasteiger partial charge in [-0.2, -0.15) is 0 Å². The Morgan fingerprint density at radius 1 is 1.60 bits per heavy atom. The number of likely N-dealkylation sites (N-methyl/N-ethyl adjacent to an activating group) is 1. The van der Waals surface area contributed by atoms with Crippen molar-refractivity contribution in [2.75, 3.05) is 46.4 Å². The molecule has 0 atom stereocenters. The Bertz CT molecular complexity index is 195. The van der Waals surface area contributed by atoms with Gasteiger partial charge in [-0.1, -0.05) is 6.92 Å². The van der Waals surface area contributed by atoms with E-state index in [0.717, 1.165) is 19.6 Å². The molecule has 1 heterocycles. The van der Waals surface area contributed by atoms with Gasteiger partial charge in [0, 0.05) is 32.8 Å². The predicted octanol–water partition coefficient (Wildman–Crippen LogP) is -0.957. The van der Waals surface area contributed by atoms with E-state index < -0.39 is 0 Å². The number of nitrogens with one attached hydrogen (secondary N) is 2. The molecule has 0 radical (unpaired) electrons. The first-order valence-electron chi connectivity index (χ1n) is 5.48. The summed E-state index contributed by atoms with van der Waals surface area (Å²) >= 11 is 0. The van der Waals surface area contributed by atoms with Crippen LogP contribution in [0.15, 0.2) is 0 Å². The van der Waals surface area contributed by atoms with Crippen LogP contribution >= 0.6 is 0 Å². The van der Waals surface area contributed by atoms with E-state index in [0.29, 0.717) is 25.7 Å². The monoisotopic (exact) mass is 215 g/mol. The number of carbonyl (C=O) groups excluding carboxylic acids is 1. The predicted molar refractivity (Wildman–Crippen MR) is 58.8 cm³/mol. The lowest BCUT2D eigenvalue weighted by Gasteiger charge is -2.37. The molecule has 1 aliphatic rings. The number of rotatable bonds is 7. The van der Waals surface area contributed by atoms with Crippen molar-refractivity contribution in [2.45, 2.75) is 13.0 Å². The molecule has 1 saturated heterocycles. The van der Waals surface area contributed by atoms with Gasteiger partial charge in [0.2, 0.25) is 5.91 Å². The molecule has 0 aromatic heterocycles. The molecule has 88 valence electrons. The van der Waals surface area contributed by atoms with Gasteiger partial charge in [-0.15, -0.1) is 0 Å². The van der Waals surface area contributed by atoms with Crippen LogP contribution in [0.25, 0.3) is 0 Å². The molecule has 1 aliphatic heterocycles. The smallest absolute Gasteiger partial charge is 0.234 e. The summed E-state index contributed by atoms with van der Waals surface area (Å²) in [5.41, 5.74) is 0. The van der Waals surface area contributed by atoms with E-state index >= 15 is 0 Å². The van der Waals surface area contributed by atoms with Crippen molar-refractivity contribution in [1.82, 2.24) is 15.5 Å². The first-order chi connectivity index (χ1) is 7.27. The molecule has 0 unspecified atom stereocenters. The van der Waals surface area contributed by atoms with Crippen molar-refractivity contribution in [3.8, 4) is 0 Å². The molecule has 0 spiro atoms. The van der Waals surface area contributed by atoms with E-state index in [9.17, 15) is 4.79 Å². The van der Waals surface area contributed by atoms with E-state index in [1.165, 1.54) is 0 Å². The minimum atomic E-state index is 0.0841. The third-order valence-corrected chi connectivity index (χ3v) is 2.66. The molecule has 1 rings (SSSR count). The number of hydrogen-bond acceptors (Lipinski definition) is 4. The maximum Gasteiger partial charge on any atom is 0.234 e. The zero-order valence-electron chi connectivity index (χ0n) is 9.58. The van der Waals surface area contributed by atoms with Crippen molar-refractivity contribution in [3.05, 3.63) is 0 Å². The van der Waals surface area contributed by atoms with Crippen LogP contribution in [0, 0.1) is 0 Å². The van der Waals surface area contributed by atoms with Crippen molar-refractivity contribution in [2.24, 2.45) is 0 Å². The lowest BCUT2D eigenvalue weighted by atomic mass is 10.1. The van der Waals surface area contributed by atoms with Gasteiger partial charge in [0.1, 0.15) is 0 Å². The molecule has 2 N–H and O–H groups in total. The average Bonchev–Trinajstić information content (AvgIpc) is 2.14. The van der Waals surface area contributed by atoms with Crippen LogP contribution in [-0.2, 0) is 9.53 Å². The summed E-state index contributed by atoms with van der Waals surface area (Å²) in [5.74, 6) is 0.0841. The summed E-state index contributed by atoms with van der Waals surface area (Å²) < 4.78 is 4.87. The van der Waals surface area contributed by atoms with Crippen molar-refractivity contribution >= 4 is 5.91 Å². The molecular formula is C10H21N3O2. The zero-order chi connectivity index (χ0) is 11.1. The van der Waals surface area contributed by atoms with E-state index in [2.05, 4.69) is 22.5 Å². The van der Waals surface area contributed by atoms with Crippen LogP contribution < -0.4 is 10.6 Å². The van der Waals surface area contributed by atoms with Gasteiger partial charge in [-0.25, -0.2) is 0 Å². The van der Waals surface area contributed by atoms with Crippen molar-refractivity contribution in [3.63, 3.8) is 0 Å². The van der Waals surface area contributed by atoms with Crippen molar-refractivity contribution in [1.29, 1.82) is 0 Å². The lowest BCUT2D eigenvalue weighted by molar-refractivity contribution is -0.123. The maximum atomic E-state index is 11.5. The van der Waals surface area contributed by atoms with Gasteiger partial charge in [0.05, 0.1) is 13.2 Å². The second kappa shape index (κ2) is 6.76. The molecule has 1 fully saturated rings. The van der Waals surface area contributed by atoms with E-state index in [1.807, 2.05) is 0 Å². The molecular weight excluding hydrogens is 194 g/mol. The Labute approximate surface area is 91.2 Å². The van der Waals surface area contributed by atoms with E-state index in [4.69, 9.17) is 4.74 Å². The molecule has 15 heavy (non-hydrogen) atoms. The summed E-state index contributed by atoms with van der Waals surface area (Å²) in [4.78, 5) is 13.7. The topological polar surface area (TPSA) is 53.6 Å². The highest BCUT2D eigenvalue weighted by atomic mass is 16.5. The molecule has 0 aromatic carbocycles. The Morgan fingerprint density at radius 2 is 2.33 bits per heavy atom. The van der Waals surface area contributed by atoms with Crippen molar-refractivity contribution < 1.29 is 9.53 Å². The molecule has 0 bridgehead atoms. The number of nitrogens with zero attached hydrogens (tertiary/aromatic N) is 1. The Balaban J connectivity index is 2.16. The molecule has 5 nitrogen and oxygen atoms in total. The van der Waals surface area contributed by atoms with E-state index in [-0.39, 0.29) is 5.91 Å². The minimum absolute atomic E-state index is 0.0841. The number of ether oxygens (including phenoxy) is 1. The summed E-state index contributed by atoms with van der Waals surface area (Å²) in [6, 6.07) is 0.531. The van der Waals surface area contributed by atoms with Crippen LogP contribution in [0.4, 0.5) is 0 Å². The second-order valence-corrected chi connectivity index (χ2v) is 3.72. The SMILES string of the molecule is CCN(CC(=O)NCCOC)C1CNC1. The largest absolute Gasteiger partial charge is 0.383 e. The van der Waals surface area contributed by atoms with E-state index in [1.54, 1.807) is 7.11 Å². The summed E-state index contributed by atoms with van der Waals surface area (Å²) in [5, 5.41) is 6.03. The van der Waals surface area contributed by atoms with Crippen LogP contribution in [0.2, 0.25) is 0 Å². The highest BCUT2D eigenvalue weighted by Gasteiger charge is 2.24. The molecule has 0 aromatic rings. The Morgan fingerprint density at radius 3 is 2.80 bits per heavy atom. The number of amides is 1. The van der Waals surface area contributed by atoms with Gasteiger partial charge in [-0.3, -0.25) is 9.69 Å². The number of methoxy groups -OCH3 is 1. The van der Waals surface area contributed by atoms with Gasteiger partial charge in [0.15, 0.2) is 0 Å². The molecule has 0 saturated carbocycles. The zero-order valence-corrected chi connectivity index (χ0v) is 9.58. The fraction of sp³-hybridized carbons (Fsp3) is 0.900. The molecule has 0 aliphatic carbocycles. The Kier molecular flexibility index (Phi) is 5.60. The third kappa shape index (κ3) is 4.15. The highest BCUT2D eigenvalue weighted by Crippen LogP contribution is 2.03. The van der Waals surface area contributed by atoms with Crippen LogP contribution in [0.1, 0.15) is 6.92 Å². The lowest BCUT2D eigenvalue weighted by Crippen LogP contribution is -2.58. The normalized spacial score (nSPS) is 16.5. The van der Waals surface area contributed by atoms with Crippen LogP contribution in [0.3, 0.4) is 0 Å². The summed E-state index contributed by atoms with van der Waals surface area (Å²) in [6.45, 7) is 6.66. The van der Waals surface area contributed by atoms with Gasteiger partial charge in [-0.05, 0) is 6.54 Å². The van der Waals surface area contributed by atoms with Crippen LogP contribution in [-0.4, -0.2) is 63.3 Å². The highest BCUT2D eigenvalue weighted by molar-refractivity contribution is 5.78. The first-order valence-corrected chi connectivity index (χ1v) is 5.48. The van der Waals surface area contributed by atoms with Crippen LogP contribution in [0.5, 0.6) is 0 Å². The average molecular weight is 215 g/mol.